The van der Waals surface area contributed by atoms with Gasteiger partial charge in [-0.2, -0.15) is 0 Å². The van der Waals surface area contributed by atoms with Crippen LogP contribution in [-0.4, -0.2) is 23.7 Å². The first-order valence-corrected chi connectivity index (χ1v) is 5.11. The summed E-state index contributed by atoms with van der Waals surface area (Å²) in [5.41, 5.74) is 1.50. The average Bonchev–Trinajstić information content (AvgIpc) is 2.24. The second kappa shape index (κ2) is 3.26. The highest BCUT2D eigenvalue weighted by atomic mass is 16.4. The summed E-state index contributed by atoms with van der Waals surface area (Å²) in [4.78, 5) is 13.1. The number of para-hydroxylation sites is 1. The van der Waals surface area contributed by atoms with Crippen LogP contribution >= 0.6 is 0 Å². The van der Waals surface area contributed by atoms with E-state index in [0.717, 1.165) is 12.1 Å². The van der Waals surface area contributed by atoms with Crippen LogP contribution in [0.5, 0.6) is 0 Å². The monoisotopic (exact) mass is 205 g/mol. The third-order valence-corrected chi connectivity index (χ3v) is 3.44. The smallest absolute Gasteiger partial charge is 0.329 e. The van der Waals surface area contributed by atoms with Crippen LogP contribution < -0.4 is 4.90 Å². The lowest BCUT2D eigenvalue weighted by Crippen LogP contribution is -2.53. The summed E-state index contributed by atoms with van der Waals surface area (Å²) in [5, 5.41) is 9.25. The van der Waals surface area contributed by atoms with Crippen LogP contribution in [0.25, 0.3) is 0 Å². The maximum Gasteiger partial charge on any atom is 0.329 e. The molecule has 1 unspecified atom stereocenters. The van der Waals surface area contributed by atoms with E-state index in [9.17, 15) is 9.90 Å². The number of rotatable bonds is 1. The molecule has 1 aliphatic rings. The molecular weight excluding hydrogens is 190 g/mol. The van der Waals surface area contributed by atoms with Gasteiger partial charge in [0.1, 0.15) is 5.54 Å². The molecule has 0 aliphatic carbocycles. The molecule has 0 spiro atoms. The van der Waals surface area contributed by atoms with Crippen molar-refractivity contribution < 1.29 is 9.90 Å². The molecule has 1 atom stereocenters. The van der Waals surface area contributed by atoms with Gasteiger partial charge in [0, 0.05) is 12.7 Å². The molecule has 0 bridgehead atoms. The van der Waals surface area contributed by atoms with Crippen molar-refractivity contribution in [2.45, 2.75) is 25.3 Å². The standard InChI is InChI=1S/C12H15NO2/c1-12(11(14)15)8-7-9-5-3-4-6-10(9)13(12)2/h3-6H,7-8H2,1-2H3,(H,14,15). The number of carboxylic acid groups (broad SMARTS) is 1. The highest BCUT2D eigenvalue weighted by molar-refractivity contribution is 5.84. The van der Waals surface area contributed by atoms with Crippen molar-refractivity contribution in [2.75, 3.05) is 11.9 Å². The van der Waals surface area contributed by atoms with Crippen LogP contribution in [0.1, 0.15) is 18.9 Å². The fraction of sp³-hybridized carbons (Fsp3) is 0.417. The van der Waals surface area contributed by atoms with Gasteiger partial charge in [-0.25, -0.2) is 4.79 Å². The summed E-state index contributed by atoms with van der Waals surface area (Å²) in [6, 6.07) is 7.99. The second-order valence-electron chi connectivity index (χ2n) is 4.27. The van der Waals surface area contributed by atoms with Crippen LogP contribution in [0.4, 0.5) is 5.69 Å². The number of likely N-dealkylation sites (N-methyl/N-ethyl adjacent to an activating group) is 1. The molecule has 3 nitrogen and oxygen atoms in total. The maximum atomic E-state index is 11.3. The molecule has 1 N–H and O–H groups in total. The molecule has 0 fully saturated rings. The minimum Gasteiger partial charge on any atom is -0.480 e. The first kappa shape index (κ1) is 10.0. The predicted octanol–water partition coefficient (Wildman–Crippen LogP) is 1.91. The lowest BCUT2D eigenvalue weighted by molar-refractivity contribution is -0.143. The summed E-state index contributed by atoms with van der Waals surface area (Å²) in [6.07, 6.45) is 1.50. The number of carboxylic acids is 1. The Bertz CT molecular complexity index is 402. The Hall–Kier alpha value is -1.51. The van der Waals surface area contributed by atoms with E-state index in [1.807, 2.05) is 30.1 Å². The van der Waals surface area contributed by atoms with Gasteiger partial charge in [-0.15, -0.1) is 0 Å². The third kappa shape index (κ3) is 1.39. The van der Waals surface area contributed by atoms with Gasteiger partial charge in [0.05, 0.1) is 0 Å². The molecule has 1 aromatic rings. The highest BCUT2D eigenvalue weighted by Crippen LogP contribution is 2.35. The molecule has 0 radical (unpaired) electrons. The number of nitrogens with zero attached hydrogens (tertiary/aromatic N) is 1. The van der Waals surface area contributed by atoms with Gasteiger partial charge in [0.15, 0.2) is 0 Å². The summed E-state index contributed by atoms with van der Waals surface area (Å²) in [5.74, 6) is -0.750. The van der Waals surface area contributed by atoms with Gasteiger partial charge < -0.3 is 10.0 Å². The van der Waals surface area contributed by atoms with Crippen LogP contribution in [0, 0.1) is 0 Å². The molecule has 1 aromatic carbocycles. The molecule has 80 valence electrons. The van der Waals surface area contributed by atoms with Crippen LogP contribution in [0.2, 0.25) is 0 Å². The number of hydrogen-bond donors (Lipinski definition) is 1. The maximum absolute atomic E-state index is 11.3. The number of anilines is 1. The van der Waals surface area contributed by atoms with Gasteiger partial charge in [-0.05, 0) is 31.4 Å². The SMILES string of the molecule is CN1c2ccccc2CCC1(C)C(=O)O. The summed E-state index contributed by atoms with van der Waals surface area (Å²) in [6.45, 7) is 1.78. The third-order valence-electron chi connectivity index (χ3n) is 3.44. The topological polar surface area (TPSA) is 40.5 Å². The van der Waals surface area contributed by atoms with Crippen molar-refractivity contribution in [3.05, 3.63) is 29.8 Å². The minimum atomic E-state index is -0.769. The Morgan fingerprint density at radius 1 is 1.47 bits per heavy atom. The van der Waals surface area contributed by atoms with Gasteiger partial charge in [-0.1, -0.05) is 18.2 Å². The van der Waals surface area contributed by atoms with Gasteiger partial charge in [0.2, 0.25) is 0 Å². The summed E-state index contributed by atoms with van der Waals surface area (Å²) >= 11 is 0. The van der Waals surface area contributed by atoms with E-state index in [2.05, 4.69) is 6.07 Å². The first-order valence-electron chi connectivity index (χ1n) is 5.11. The van der Waals surface area contributed by atoms with Crippen molar-refractivity contribution in [3.8, 4) is 0 Å². The normalized spacial score (nSPS) is 24.8. The minimum absolute atomic E-state index is 0.663. The van der Waals surface area contributed by atoms with Crippen molar-refractivity contribution in [1.82, 2.24) is 0 Å². The Morgan fingerprint density at radius 3 is 2.80 bits per heavy atom. The van der Waals surface area contributed by atoms with Crippen molar-refractivity contribution in [3.63, 3.8) is 0 Å². The van der Waals surface area contributed by atoms with E-state index in [1.54, 1.807) is 6.92 Å². The Kier molecular flexibility index (Phi) is 2.18. The largest absolute Gasteiger partial charge is 0.480 e. The lowest BCUT2D eigenvalue weighted by atomic mass is 9.86. The van der Waals surface area contributed by atoms with Crippen molar-refractivity contribution in [1.29, 1.82) is 0 Å². The fourth-order valence-electron chi connectivity index (χ4n) is 2.11. The molecule has 1 heterocycles. The Balaban J connectivity index is 2.46. The van der Waals surface area contributed by atoms with Gasteiger partial charge in [0.25, 0.3) is 0 Å². The summed E-state index contributed by atoms with van der Waals surface area (Å²) < 4.78 is 0. The molecule has 0 saturated heterocycles. The molecule has 3 heteroatoms. The molecule has 0 amide bonds. The van der Waals surface area contributed by atoms with Crippen molar-refractivity contribution in [2.24, 2.45) is 0 Å². The van der Waals surface area contributed by atoms with E-state index in [0.29, 0.717) is 6.42 Å². The summed E-state index contributed by atoms with van der Waals surface area (Å²) in [7, 11) is 1.85. The zero-order valence-electron chi connectivity index (χ0n) is 9.03. The average molecular weight is 205 g/mol. The van der Waals surface area contributed by atoms with E-state index < -0.39 is 11.5 Å². The van der Waals surface area contributed by atoms with Crippen LogP contribution in [0.3, 0.4) is 0 Å². The van der Waals surface area contributed by atoms with E-state index in [1.165, 1.54) is 5.56 Å². The predicted molar refractivity (Wildman–Crippen MR) is 59.2 cm³/mol. The zero-order chi connectivity index (χ0) is 11.1. The fourth-order valence-corrected chi connectivity index (χ4v) is 2.11. The van der Waals surface area contributed by atoms with E-state index in [4.69, 9.17) is 0 Å². The molecule has 1 aliphatic heterocycles. The number of carbonyl (C=O) groups is 1. The van der Waals surface area contributed by atoms with Crippen LogP contribution in [-0.2, 0) is 11.2 Å². The number of aryl methyl sites for hydroxylation is 1. The Labute approximate surface area is 89.3 Å². The van der Waals surface area contributed by atoms with Gasteiger partial charge >= 0.3 is 5.97 Å². The number of benzene rings is 1. The first-order chi connectivity index (χ1) is 7.05. The number of fused-ring (bicyclic) bond motifs is 1. The van der Waals surface area contributed by atoms with E-state index >= 15 is 0 Å². The number of hydrogen-bond acceptors (Lipinski definition) is 2. The zero-order valence-corrected chi connectivity index (χ0v) is 9.03. The number of aliphatic carboxylic acids is 1. The molecule has 0 aromatic heterocycles. The van der Waals surface area contributed by atoms with Gasteiger partial charge in [-0.3, -0.25) is 0 Å². The van der Waals surface area contributed by atoms with E-state index in [-0.39, 0.29) is 0 Å². The molecule has 2 rings (SSSR count). The quantitative estimate of drug-likeness (QED) is 0.761. The molecule has 0 saturated carbocycles. The molecular formula is C12H15NO2. The second-order valence-corrected chi connectivity index (χ2v) is 4.27. The highest BCUT2D eigenvalue weighted by Gasteiger charge is 2.40. The Morgan fingerprint density at radius 2 is 2.13 bits per heavy atom. The van der Waals surface area contributed by atoms with Crippen LogP contribution in [0.15, 0.2) is 24.3 Å². The lowest BCUT2D eigenvalue weighted by Gasteiger charge is -2.41. The van der Waals surface area contributed by atoms with Crippen molar-refractivity contribution >= 4 is 11.7 Å². The molecule has 15 heavy (non-hydrogen) atoms.